The second-order valence-electron chi connectivity index (χ2n) is 9.20. The number of carbonyl (C=O) groups is 3. The molecule has 0 aromatic rings. The molecule has 0 aromatic heterocycles. The van der Waals surface area contributed by atoms with Crippen molar-refractivity contribution in [2.75, 3.05) is 19.9 Å². The van der Waals surface area contributed by atoms with Crippen LogP contribution < -0.4 is 21.5 Å². The Labute approximate surface area is 195 Å². The minimum Gasteiger partial charge on any atom is -0.370 e. The molecule has 2 amide bonds. The summed E-state index contributed by atoms with van der Waals surface area (Å²) in [6, 6.07) is -1.23. The molecule has 0 aliphatic heterocycles. The van der Waals surface area contributed by atoms with Crippen molar-refractivity contribution in [1.29, 1.82) is 0 Å². The third-order valence-electron chi connectivity index (χ3n) is 5.98. The summed E-state index contributed by atoms with van der Waals surface area (Å²) in [6.45, 7) is 9.81. The van der Waals surface area contributed by atoms with Crippen LogP contribution in [0.15, 0.2) is 4.99 Å². The van der Waals surface area contributed by atoms with E-state index in [-0.39, 0.29) is 31.6 Å². The number of guanidine groups is 1. The van der Waals surface area contributed by atoms with E-state index in [2.05, 4.69) is 20.7 Å². The van der Waals surface area contributed by atoms with Crippen molar-refractivity contribution in [2.24, 2.45) is 22.6 Å². The minimum atomic E-state index is -0.691. The van der Waals surface area contributed by atoms with Crippen molar-refractivity contribution in [2.45, 2.75) is 90.6 Å². The van der Waals surface area contributed by atoms with Gasteiger partial charge in [0.1, 0.15) is 6.04 Å². The predicted octanol–water partition coefficient (Wildman–Crippen LogP) is 2.90. The van der Waals surface area contributed by atoms with Gasteiger partial charge in [-0.25, -0.2) is 0 Å². The number of nitrogens with two attached hydrogens (primary N) is 1. The van der Waals surface area contributed by atoms with Gasteiger partial charge in [-0.15, -0.1) is 0 Å². The molecule has 0 aromatic carbocycles. The van der Waals surface area contributed by atoms with Crippen LogP contribution in [0.4, 0.5) is 0 Å². The van der Waals surface area contributed by atoms with Crippen molar-refractivity contribution in [3.05, 3.63) is 0 Å². The SMILES string of the molecule is CCC(NC(=O)C(CCCN=C(N)NP(C)C)NC(=O)C(C)CC1CCCCC1)C(C)=O. The smallest absolute Gasteiger partial charge is 0.243 e. The second kappa shape index (κ2) is 15.2. The van der Waals surface area contributed by atoms with Crippen LogP contribution in [0.25, 0.3) is 0 Å². The van der Waals surface area contributed by atoms with E-state index in [4.69, 9.17) is 5.73 Å². The molecule has 1 fully saturated rings. The van der Waals surface area contributed by atoms with Gasteiger partial charge in [0.25, 0.3) is 0 Å². The summed E-state index contributed by atoms with van der Waals surface area (Å²) in [7, 11) is -0.388. The van der Waals surface area contributed by atoms with E-state index >= 15 is 0 Å². The molecule has 0 saturated heterocycles. The summed E-state index contributed by atoms with van der Waals surface area (Å²) < 4.78 is 0. The molecule has 1 aliphatic carbocycles. The lowest BCUT2D eigenvalue weighted by Crippen LogP contribution is -2.52. The zero-order valence-corrected chi connectivity index (χ0v) is 21.5. The van der Waals surface area contributed by atoms with Crippen LogP contribution in [-0.4, -0.2) is 55.5 Å². The lowest BCUT2D eigenvalue weighted by molar-refractivity contribution is -0.132. The first kappa shape index (κ1) is 28.3. The molecule has 184 valence electrons. The Morgan fingerprint density at radius 3 is 2.25 bits per heavy atom. The second-order valence-corrected chi connectivity index (χ2v) is 11.2. The van der Waals surface area contributed by atoms with E-state index in [0.717, 1.165) is 6.42 Å². The van der Waals surface area contributed by atoms with Crippen LogP contribution in [0.1, 0.15) is 78.6 Å². The molecule has 3 atom stereocenters. The number of nitrogens with zero attached hydrogens (tertiary/aromatic N) is 1. The summed E-state index contributed by atoms with van der Waals surface area (Å²) >= 11 is 0. The van der Waals surface area contributed by atoms with Crippen molar-refractivity contribution in [1.82, 2.24) is 15.7 Å². The molecule has 5 N–H and O–H groups in total. The van der Waals surface area contributed by atoms with Gasteiger partial charge in [-0.3, -0.25) is 19.4 Å². The Bertz CT molecular complexity index is 635. The molecule has 1 aliphatic rings. The summed E-state index contributed by atoms with van der Waals surface area (Å²) in [5.74, 6) is 0.344. The van der Waals surface area contributed by atoms with E-state index in [1.54, 1.807) is 0 Å². The number of hydrogen-bond acceptors (Lipinski definition) is 4. The van der Waals surface area contributed by atoms with Gasteiger partial charge in [0.05, 0.1) is 6.04 Å². The van der Waals surface area contributed by atoms with Gasteiger partial charge in [-0.2, -0.15) is 0 Å². The van der Waals surface area contributed by atoms with Crippen LogP contribution in [-0.2, 0) is 14.4 Å². The average molecular weight is 470 g/mol. The molecular weight excluding hydrogens is 425 g/mol. The quantitative estimate of drug-likeness (QED) is 0.143. The maximum absolute atomic E-state index is 12.9. The van der Waals surface area contributed by atoms with Crippen LogP contribution in [0.3, 0.4) is 0 Å². The van der Waals surface area contributed by atoms with Crippen molar-refractivity contribution >= 4 is 31.6 Å². The number of ketones is 1. The Morgan fingerprint density at radius 2 is 1.69 bits per heavy atom. The van der Waals surface area contributed by atoms with Gasteiger partial charge in [-0.1, -0.05) is 46.0 Å². The monoisotopic (exact) mass is 469 g/mol. The van der Waals surface area contributed by atoms with E-state index in [1.165, 1.54) is 39.0 Å². The Balaban J connectivity index is 2.71. The minimum absolute atomic E-state index is 0.0873. The molecule has 3 unspecified atom stereocenters. The van der Waals surface area contributed by atoms with Crippen molar-refractivity contribution in [3.63, 3.8) is 0 Å². The molecular formula is C23H44N5O3P. The van der Waals surface area contributed by atoms with E-state index in [9.17, 15) is 14.4 Å². The molecule has 0 bridgehead atoms. The summed E-state index contributed by atoms with van der Waals surface area (Å²) in [6.07, 6.45) is 8.54. The topological polar surface area (TPSA) is 126 Å². The molecule has 0 heterocycles. The first-order chi connectivity index (χ1) is 15.1. The number of Topliss-reactive ketones (excluding diaryl/α,β-unsaturated/α-hetero) is 1. The van der Waals surface area contributed by atoms with Gasteiger partial charge < -0.3 is 21.5 Å². The first-order valence-electron chi connectivity index (χ1n) is 12.0. The Hall–Kier alpha value is -1.69. The third kappa shape index (κ3) is 11.3. The number of rotatable bonds is 13. The largest absolute Gasteiger partial charge is 0.370 e. The third-order valence-corrected chi connectivity index (χ3v) is 6.66. The zero-order valence-electron chi connectivity index (χ0n) is 20.6. The maximum Gasteiger partial charge on any atom is 0.243 e. The number of nitrogens with one attached hydrogen (secondary N) is 3. The Kier molecular flexibility index (Phi) is 13.5. The van der Waals surface area contributed by atoms with E-state index in [1.807, 2.05) is 27.2 Å². The molecule has 1 saturated carbocycles. The van der Waals surface area contributed by atoms with Gasteiger partial charge >= 0.3 is 0 Å². The predicted molar refractivity (Wildman–Crippen MR) is 133 cm³/mol. The molecule has 9 heteroatoms. The highest BCUT2D eigenvalue weighted by Crippen LogP contribution is 2.29. The van der Waals surface area contributed by atoms with Crippen molar-refractivity contribution in [3.8, 4) is 0 Å². The molecule has 8 nitrogen and oxygen atoms in total. The molecule has 32 heavy (non-hydrogen) atoms. The van der Waals surface area contributed by atoms with Crippen LogP contribution in [0.2, 0.25) is 0 Å². The van der Waals surface area contributed by atoms with Crippen molar-refractivity contribution < 1.29 is 14.4 Å². The summed E-state index contributed by atoms with van der Waals surface area (Å²) in [4.78, 5) is 41.8. The molecule has 0 spiro atoms. The van der Waals surface area contributed by atoms with Crippen LogP contribution in [0.5, 0.6) is 0 Å². The van der Waals surface area contributed by atoms with E-state index in [0.29, 0.717) is 37.7 Å². The maximum atomic E-state index is 12.9. The van der Waals surface area contributed by atoms with Gasteiger partial charge in [-0.05, 0) is 59.9 Å². The molecule has 0 radical (unpaired) electrons. The number of carbonyl (C=O) groups excluding carboxylic acids is 3. The average Bonchev–Trinajstić information content (AvgIpc) is 2.73. The van der Waals surface area contributed by atoms with Crippen LogP contribution >= 0.6 is 8.07 Å². The van der Waals surface area contributed by atoms with Gasteiger partial charge in [0.2, 0.25) is 11.8 Å². The highest BCUT2D eigenvalue weighted by Gasteiger charge is 2.27. The molecule has 1 rings (SSSR count). The number of aliphatic imine (C=N–C) groups is 1. The fraction of sp³-hybridized carbons (Fsp3) is 0.826. The lowest BCUT2D eigenvalue weighted by Gasteiger charge is -2.26. The highest BCUT2D eigenvalue weighted by atomic mass is 31.1. The van der Waals surface area contributed by atoms with Crippen LogP contribution in [0, 0.1) is 11.8 Å². The Morgan fingerprint density at radius 1 is 1.06 bits per heavy atom. The lowest BCUT2D eigenvalue weighted by atomic mass is 9.83. The summed E-state index contributed by atoms with van der Waals surface area (Å²) in [5.41, 5.74) is 5.85. The summed E-state index contributed by atoms with van der Waals surface area (Å²) in [5, 5.41) is 8.83. The number of hydrogen-bond donors (Lipinski definition) is 4. The zero-order chi connectivity index (χ0) is 24.1. The van der Waals surface area contributed by atoms with Gasteiger partial charge in [0.15, 0.2) is 11.7 Å². The standard InChI is InChI=1S/C23H44N5O3P/c1-6-19(17(3)29)26-22(31)20(13-10-14-25-23(24)28-32(4)5)27-21(30)16(2)15-18-11-8-7-9-12-18/h16,18-20H,6-15H2,1-5H3,(H,26,31)(H,27,30)(H3,24,25,28). The first-order valence-corrected chi connectivity index (χ1v) is 14.2. The fourth-order valence-electron chi connectivity index (χ4n) is 4.14. The normalized spacial score (nSPS) is 18.0. The van der Waals surface area contributed by atoms with Gasteiger partial charge in [0, 0.05) is 12.5 Å². The highest BCUT2D eigenvalue weighted by molar-refractivity contribution is 7.54. The fourth-order valence-corrected chi connectivity index (χ4v) is 4.66. The number of amides is 2. The van der Waals surface area contributed by atoms with E-state index < -0.39 is 12.1 Å².